The van der Waals surface area contributed by atoms with Crippen LogP contribution in [0.1, 0.15) is 48.1 Å². The van der Waals surface area contributed by atoms with E-state index < -0.39 is 0 Å². The molecule has 3 rings (SSSR count). The molecule has 1 N–H and O–H groups in total. The van der Waals surface area contributed by atoms with E-state index in [0.29, 0.717) is 11.2 Å². The van der Waals surface area contributed by atoms with E-state index in [1.165, 1.54) is 30.4 Å². The summed E-state index contributed by atoms with van der Waals surface area (Å²) in [5.41, 5.74) is 3.67. The van der Waals surface area contributed by atoms with Crippen molar-refractivity contribution in [2.24, 2.45) is 5.92 Å². The van der Waals surface area contributed by atoms with Crippen molar-refractivity contribution in [3.63, 3.8) is 0 Å². The Morgan fingerprint density at radius 2 is 2.06 bits per heavy atom. The summed E-state index contributed by atoms with van der Waals surface area (Å²) >= 11 is 3.83. The van der Waals surface area contributed by atoms with Gasteiger partial charge in [-0.3, -0.25) is 4.79 Å². The van der Waals surface area contributed by atoms with Crippen LogP contribution in [0.15, 0.2) is 18.2 Å². The van der Waals surface area contributed by atoms with Crippen molar-refractivity contribution in [3.05, 3.63) is 29.3 Å². The number of hydrogen-bond acceptors (Lipinski definition) is 1. The second kappa shape index (κ2) is 5.04. The van der Waals surface area contributed by atoms with Gasteiger partial charge in [0.05, 0.1) is 0 Å². The summed E-state index contributed by atoms with van der Waals surface area (Å²) in [6, 6.07) is 6.50. The Morgan fingerprint density at radius 1 is 1.22 bits per heavy atom. The van der Waals surface area contributed by atoms with E-state index in [1.54, 1.807) is 0 Å². The normalized spacial score (nSPS) is 21.5. The summed E-state index contributed by atoms with van der Waals surface area (Å²) in [4.78, 5) is 12.0. The van der Waals surface area contributed by atoms with E-state index >= 15 is 0 Å². The number of rotatable bonds is 2. The van der Waals surface area contributed by atoms with Gasteiger partial charge in [-0.05, 0) is 48.8 Å². The van der Waals surface area contributed by atoms with Gasteiger partial charge < -0.3 is 5.32 Å². The van der Waals surface area contributed by atoms with Crippen LogP contribution in [-0.4, -0.2) is 5.91 Å². The van der Waals surface area contributed by atoms with E-state index in [-0.39, 0.29) is 5.91 Å². The highest BCUT2D eigenvalue weighted by atomic mass is 79.9. The van der Waals surface area contributed by atoms with E-state index in [4.69, 9.17) is 0 Å². The third-order valence-corrected chi connectivity index (χ3v) is 5.41. The van der Waals surface area contributed by atoms with Crippen LogP contribution in [0.25, 0.3) is 0 Å². The zero-order chi connectivity index (χ0) is 12.5. The Hall–Kier alpha value is -0.830. The highest BCUT2D eigenvalue weighted by Crippen LogP contribution is 2.43. The number of fused-ring (bicyclic) bond motifs is 1. The van der Waals surface area contributed by atoms with Crippen molar-refractivity contribution in [3.8, 4) is 0 Å². The molecule has 1 aromatic rings. The Kier molecular flexibility index (Phi) is 3.42. The largest absolute Gasteiger partial charge is 0.326 e. The molecule has 0 aromatic heterocycles. The molecule has 2 aliphatic rings. The summed E-state index contributed by atoms with van der Waals surface area (Å²) in [5.74, 6) is 0.944. The number of aryl methyl sites for hydroxylation is 1. The van der Waals surface area contributed by atoms with E-state index in [0.717, 1.165) is 24.4 Å². The molecule has 1 aliphatic carbocycles. The maximum absolute atomic E-state index is 11.5. The summed E-state index contributed by atoms with van der Waals surface area (Å²) in [6.07, 6.45) is 6.65. The molecule has 1 heterocycles. The van der Waals surface area contributed by atoms with Gasteiger partial charge in [0.15, 0.2) is 0 Å². The minimum absolute atomic E-state index is 0.149. The van der Waals surface area contributed by atoms with Crippen LogP contribution in [0.4, 0.5) is 5.69 Å². The summed E-state index contributed by atoms with van der Waals surface area (Å²) < 4.78 is 0. The molecule has 0 saturated heterocycles. The number of nitrogens with one attached hydrogen (secondary N) is 1. The monoisotopic (exact) mass is 307 g/mol. The average molecular weight is 308 g/mol. The van der Waals surface area contributed by atoms with Crippen molar-refractivity contribution >= 4 is 27.5 Å². The zero-order valence-corrected chi connectivity index (χ0v) is 12.0. The lowest BCUT2D eigenvalue weighted by molar-refractivity contribution is -0.116. The highest BCUT2D eigenvalue weighted by molar-refractivity contribution is 9.09. The number of benzene rings is 1. The average Bonchev–Trinajstić information content (AvgIpc) is 2.46. The predicted octanol–water partition coefficient (Wildman–Crippen LogP) is 4.20. The fraction of sp³-hybridized carbons (Fsp3) is 0.533. The Balaban J connectivity index is 1.85. The molecular formula is C15H18BrNO. The van der Waals surface area contributed by atoms with Crippen molar-refractivity contribution in [1.82, 2.24) is 0 Å². The second-order valence-corrected chi connectivity index (χ2v) is 6.40. The molecule has 1 aromatic carbocycles. The van der Waals surface area contributed by atoms with E-state index in [2.05, 4.69) is 39.4 Å². The van der Waals surface area contributed by atoms with Gasteiger partial charge in [-0.1, -0.05) is 34.5 Å². The number of anilines is 1. The maximum atomic E-state index is 11.5. The second-order valence-electron chi connectivity index (χ2n) is 5.41. The molecule has 1 amide bonds. The van der Waals surface area contributed by atoms with Gasteiger partial charge in [-0.2, -0.15) is 0 Å². The molecular weight excluding hydrogens is 290 g/mol. The number of hydrogen-bond donors (Lipinski definition) is 1. The topological polar surface area (TPSA) is 29.1 Å². The van der Waals surface area contributed by atoms with Crippen molar-refractivity contribution in [2.45, 2.75) is 43.4 Å². The fourth-order valence-corrected chi connectivity index (χ4v) is 3.58. The van der Waals surface area contributed by atoms with Gasteiger partial charge in [0.2, 0.25) is 5.91 Å². The molecule has 1 unspecified atom stereocenters. The third kappa shape index (κ3) is 2.33. The third-order valence-electron chi connectivity index (χ3n) is 4.14. The maximum Gasteiger partial charge on any atom is 0.224 e. The first-order chi connectivity index (χ1) is 8.74. The fourth-order valence-electron chi connectivity index (χ4n) is 2.77. The summed E-state index contributed by atoms with van der Waals surface area (Å²) in [6.45, 7) is 0. The molecule has 0 spiro atoms. The quantitative estimate of drug-likeness (QED) is 0.815. The van der Waals surface area contributed by atoms with Crippen LogP contribution in [0.3, 0.4) is 0 Å². The first kappa shape index (κ1) is 12.2. The van der Waals surface area contributed by atoms with Crippen LogP contribution in [0.5, 0.6) is 0 Å². The number of alkyl halides is 1. The van der Waals surface area contributed by atoms with E-state index in [1.807, 2.05) is 0 Å². The molecule has 0 bridgehead atoms. The molecule has 1 saturated carbocycles. The van der Waals surface area contributed by atoms with Gasteiger partial charge in [0, 0.05) is 16.9 Å². The first-order valence-electron chi connectivity index (χ1n) is 6.81. The number of carbonyl (C=O) groups is 1. The minimum atomic E-state index is 0.149. The smallest absolute Gasteiger partial charge is 0.224 e. The van der Waals surface area contributed by atoms with Gasteiger partial charge in [-0.25, -0.2) is 0 Å². The lowest BCUT2D eigenvalue weighted by Crippen LogP contribution is -2.16. The van der Waals surface area contributed by atoms with E-state index in [9.17, 15) is 4.79 Å². The molecule has 1 aliphatic heterocycles. The highest BCUT2D eigenvalue weighted by Gasteiger charge is 2.27. The molecule has 3 heteroatoms. The van der Waals surface area contributed by atoms with Crippen LogP contribution < -0.4 is 5.32 Å². The Bertz CT molecular complexity index is 468. The van der Waals surface area contributed by atoms with Crippen molar-refractivity contribution in [1.29, 1.82) is 0 Å². The molecule has 1 atom stereocenters. The first-order valence-corrected chi connectivity index (χ1v) is 7.72. The van der Waals surface area contributed by atoms with Gasteiger partial charge >= 0.3 is 0 Å². The van der Waals surface area contributed by atoms with Crippen LogP contribution >= 0.6 is 15.9 Å². The summed E-state index contributed by atoms with van der Waals surface area (Å²) in [5, 5.41) is 2.99. The lowest BCUT2D eigenvalue weighted by atomic mass is 9.80. The number of amides is 1. The zero-order valence-electron chi connectivity index (χ0n) is 10.4. The Labute approximate surface area is 116 Å². The minimum Gasteiger partial charge on any atom is -0.326 e. The molecule has 96 valence electrons. The number of carbonyl (C=O) groups excluding carboxylic acids is 1. The van der Waals surface area contributed by atoms with Crippen molar-refractivity contribution in [2.75, 3.05) is 5.32 Å². The van der Waals surface area contributed by atoms with Crippen LogP contribution in [0.2, 0.25) is 0 Å². The van der Waals surface area contributed by atoms with Gasteiger partial charge in [0.25, 0.3) is 0 Å². The molecule has 0 radical (unpaired) electrons. The SMILES string of the molecule is O=C1CCCc2cc(C(Br)C3CCC3)ccc2N1. The molecule has 18 heavy (non-hydrogen) atoms. The van der Waals surface area contributed by atoms with Crippen LogP contribution in [-0.2, 0) is 11.2 Å². The predicted molar refractivity (Wildman–Crippen MR) is 77.0 cm³/mol. The lowest BCUT2D eigenvalue weighted by Gasteiger charge is -2.30. The molecule has 1 fully saturated rings. The Morgan fingerprint density at radius 3 is 2.78 bits per heavy atom. The number of halogens is 1. The van der Waals surface area contributed by atoms with Crippen molar-refractivity contribution < 1.29 is 4.79 Å². The molecule has 2 nitrogen and oxygen atoms in total. The van der Waals surface area contributed by atoms with Gasteiger partial charge in [0.1, 0.15) is 0 Å². The standard InChI is InChI=1S/C15H18BrNO/c16-15(10-3-1-4-10)12-7-8-13-11(9-12)5-2-6-14(18)17-13/h7-10,15H,1-6H2,(H,17,18). The van der Waals surface area contributed by atoms with Gasteiger partial charge in [-0.15, -0.1) is 0 Å². The summed E-state index contributed by atoms with van der Waals surface area (Å²) in [7, 11) is 0. The van der Waals surface area contributed by atoms with Crippen LogP contribution in [0, 0.1) is 5.92 Å².